The lowest BCUT2D eigenvalue weighted by Crippen LogP contribution is -2.02. The van der Waals surface area contributed by atoms with E-state index in [4.69, 9.17) is 21.1 Å². The van der Waals surface area contributed by atoms with Crippen molar-refractivity contribution in [2.75, 3.05) is 14.2 Å². The van der Waals surface area contributed by atoms with E-state index in [1.807, 2.05) is 0 Å². The summed E-state index contributed by atoms with van der Waals surface area (Å²) < 4.78 is 10.3. The number of ether oxygens (including phenoxy) is 2. The van der Waals surface area contributed by atoms with Gasteiger partial charge in [0.2, 0.25) is 0 Å². The van der Waals surface area contributed by atoms with Crippen molar-refractivity contribution in [3.63, 3.8) is 0 Å². The van der Waals surface area contributed by atoms with Gasteiger partial charge in [0, 0.05) is 0 Å². The lowest BCUT2D eigenvalue weighted by molar-refractivity contribution is -0.136. The molecule has 0 atom stereocenters. The third-order valence-corrected chi connectivity index (χ3v) is 2.92. The molecule has 6 heteroatoms. The molecular weight excluding hydrogens is 270 g/mol. The molecule has 0 bridgehead atoms. The van der Waals surface area contributed by atoms with Gasteiger partial charge in [-0.15, -0.1) is 0 Å². The summed E-state index contributed by atoms with van der Waals surface area (Å²) in [6, 6.07) is 3.39. The highest BCUT2D eigenvalue weighted by Crippen LogP contribution is 2.36. The monoisotopic (exact) mass is 281 g/mol. The SMILES string of the molecule is COc1cc(/C=C2\C(=O)ON=C2C)cc(Cl)c1OC. The van der Waals surface area contributed by atoms with Crippen molar-refractivity contribution in [1.82, 2.24) is 0 Å². The number of carbonyl (C=O) groups excluding carboxylic acids is 1. The van der Waals surface area contributed by atoms with Gasteiger partial charge in [0.1, 0.15) is 0 Å². The number of methoxy groups -OCH3 is 2. The predicted octanol–water partition coefficient (Wildman–Crippen LogP) is 2.67. The summed E-state index contributed by atoms with van der Waals surface area (Å²) in [4.78, 5) is 16.0. The van der Waals surface area contributed by atoms with Gasteiger partial charge < -0.3 is 14.3 Å². The number of hydrogen-bond donors (Lipinski definition) is 0. The quantitative estimate of drug-likeness (QED) is 0.631. The zero-order chi connectivity index (χ0) is 14.0. The minimum Gasteiger partial charge on any atom is -0.493 e. The molecule has 5 nitrogen and oxygen atoms in total. The van der Waals surface area contributed by atoms with Gasteiger partial charge in [-0.05, 0) is 30.7 Å². The van der Waals surface area contributed by atoms with Crippen LogP contribution in [0.5, 0.6) is 11.5 Å². The second-order valence-electron chi connectivity index (χ2n) is 3.85. The first-order valence-electron chi connectivity index (χ1n) is 5.46. The van der Waals surface area contributed by atoms with Gasteiger partial charge in [0.15, 0.2) is 11.5 Å². The number of benzene rings is 1. The van der Waals surface area contributed by atoms with Crippen molar-refractivity contribution in [2.45, 2.75) is 6.92 Å². The van der Waals surface area contributed by atoms with Crippen LogP contribution in [0.3, 0.4) is 0 Å². The third kappa shape index (κ3) is 2.56. The molecule has 1 aromatic carbocycles. The average Bonchev–Trinajstić information content (AvgIpc) is 2.70. The van der Waals surface area contributed by atoms with E-state index in [2.05, 4.69) is 9.99 Å². The first-order valence-corrected chi connectivity index (χ1v) is 5.84. The molecule has 0 spiro atoms. The van der Waals surface area contributed by atoms with Crippen LogP contribution < -0.4 is 9.47 Å². The van der Waals surface area contributed by atoms with E-state index in [0.29, 0.717) is 33.4 Å². The summed E-state index contributed by atoms with van der Waals surface area (Å²) in [7, 11) is 3.02. The van der Waals surface area contributed by atoms with Crippen LogP contribution >= 0.6 is 11.6 Å². The Labute approximate surface area is 115 Å². The number of rotatable bonds is 3. The van der Waals surface area contributed by atoms with Gasteiger partial charge >= 0.3 is 5.97 Å². The van der Waals surface area contributed by atoms with E-state index >= 15 is 0 Å². The summed E-state index contributed by atoms with van der Waals surface area (Å²) in [6.45, 7) is 1.69. The van der Waals surface area contributed by atoms with Gasteiger partial charge in [-0.1, -0.05) is 16.8 Å². The van der Waals surface area contributed by atoms with E-state index in [9.17, 15) is 4.79 Å². The van der Waals surface area contributed by atoms with Crippen molar-refractivity contribution in [2.24, 2.45) is 5.16 Å². The first kappa shape index (κ1) is 13.4. The fraction of sp³-hybridized carbons (Fsp3) is 0.231. The van der Waals surface area contributed by atoms with Gasteiger partial charge in [0.05, 0.1) is 30.5 Å². The molecule has 1 heterocycles. The molecule has 0 amide bonds. The van der Waals surface area contributed by atoms with Crippen LogP contribution in [-0.4, -0.2) is 25.9 Å². The lowest BCUT2D eigenvalue weighted by Gasteiger charge is -2.10. The van der Waals surface area contributed by atoms with Crippen LogP contribution in [0, 0.1) is 0 Å². The minimum absolute atomic E-state index is 0.392. The van der Waals surface area contributed by atoms with Crippen LogP contribution in [0.15, 0.2) is 22.9 Å². The molecular formula is C13H12ClNO4. The summed E-state index contributed by atoms with van der Waals surface area (Å²) in [5, 5.41) is 4.00. The molecule has 0 saturated heterocycles. The maximum Gasteiger partial charge on any atom is 0.367 e. The zero-order valence-electron chi connectivity index (χ0n) is 10.7. The van der Waals surface area contributed by atoms with E-state index in [0.717, 1.165) is 0 Å². The highest BCUT2D eigenvalue weighted by molar-refractivity contribution is 6.32. The molecule has 0 N–H and O–H groups in total. The van der Waals surface area contributed by atoms with Crippen LogP contribution in [0.2, 0.25) is 5.02 Å². The molecule has 0 aliphatic carbocycles. The smallest absolute Gasteiger partial charge is 0.367 e. The molecule has 1 aliphatic rings. The average molecular weight is 282 g/mol. The first-order chi connectivity index (χ1) is 9.06. The van der Waals surface area contributed by atoms with Crippen LogP contribution in [-0.2, 0) is 9.63 Å². The number of hydrogen-bond acceptors (Lipinski definition) is 5. The van der Waals surface area contributed by atoms with E-state index in [-0.39, 0.29) is 0 Å². The standard InChI is InChI=1S/C13H12ClNO4/c1-7-9(13(16)19-15-7)4-8-5-10(14)12(18-3)11(6-8)17-2/h4-6H,1-3H3/b9-4-. The van der Waals surface area contributed by atoms with Gasteiger partial charge in [0.25, 0.3) is 0 Å². The van der Waals surface area contributed by atoms with Crippen LogP contribution in [0.1, 0.15) is 12.5 Å². The molecule has 1 aliphatic heterocycles. The Kier molecular flexibility index (Phi) is 3.76. The number of nitrogens with zero attached hydrogens (tertiary/aromatic N) is 1. The van der Waals surface area contributed by atoms with Crippen molar-refractivity contribution < 1.29 is 19.1 Å². The molecule has 0 aromatic heterocycles. The van der Waals surface area contributed by atoms with Crippen molar-refractivity contribution in [3.8, 4) is 11.5 Å². The molecule has 100 valence electrons. The Hall–Kier alpha value is -2.01. The lowest BCUT2D eigenvalue weighted by atomic mass is 10.1. The Bertz CT molecular complexity index is 593. The molecule has 0 radical (unpaired) electrons. The maximum absolute atomic E-state index is 11.5. The predicted molar refractivity (Wildman–Crippen MR) is 71.7 cm³/mol. The summed E-state index contributed by atoms with van der Waals surface area (Å²) in [5.41, 5.74) is 1.62. The van der Waals surface area contributed by atoms with E-state index < -0.39 is 5.97 Å². The van der Waals surface area contributed by atoms with E-state index in [1.54, 1.807) is 25.1 Å². The summed E-state index contributed by atoms with van der Waals surface area (Å²) >= 11 is 6.09. The Morgan fingerprint density at radius 3 is 2.58 bits per heavy atom. The molecule has 19 heavy (non-hydrogen) atoms. The second-order valence-corrected chi connectivity index (χ2v) is 4.26. The largest absolute Gasteiger partial charge is 0.493 e. The normalized spacial score (nSPS) is 16.3. The minimum atomic E-state index is -0.483. The summed E-state index contributed by atoms with van der Waals surface area (Å²) in [5.74, 6) is 0.455. The highest BCUT2D eigenvalue weighted by atomic mass is 35.5. The van der Waals surface area contributed by atoms with Crippen LogP contribution in [0.25, 0.3) is 6.08 Å². The fourth-order valence-corrected chi connectivity index (χ4v) is 2.00. The Balaban J connectivity index is 2.47. The Morgan fingerprint density at radius 2 is 2.05 bits per heavy atom. The van der Waals surface area contributed by atoms with Gasteiger partial charge in [-0.3, -0.25) is 0 Å². The zero-order valence-corrected chi connectivity index (χ0v) is 11.4. The third-order valence-electron chi connectivity index (χ3n) is 2.64. The topological polar surface area (TPSA) is 57.1 Å². The Morgan fingerprint density at radius 1 is 1.32 bits per heavy atom. The number of oxime groups is 1. The van der Waals surface area contributed by atoms with E-state index in [1.165, 1.54) is 14.2 Å². The summed E-state index contributed by atoms with van der Waals surface area (Å²) in [6.07, 6.45) is 1.64. The molecule has 0 fully saturated rings. The molecule has 0 unspecified atom stereocenters. The molecule has 2 rings (SSSR count). The van der Waals surface area contributed by atoms with Crippen molar-refractivity contribution in [3.05, 3.63) is 28.3 Å². The molecule has 0 saturated carbocycles. The van der Waals surface area contributed by atoms with Crippen molar-refractivity contribution >= 4 is 29.4 Å². The number of carbonyl (C=O) groups is 1. The fourth-order valence-electron chi connectivity index (χ4n) is 1.71. The number of halogens is 1. The highest BCUT2D eigenvalue weighted by Gasteiger charge is 2.22. The second kappa shape index (κ2) is 5.32. The van der Waals surface area contributed by atoms with Crippen molar-refractivity contribution in [1.29, 1.82) is 0 Å². The maximum atomic E-state index is 11.5. The molecule has 1 aromatic rings. The van der Waals surface area contributed by atoms with Gasteiger partial charge in [-0.2, -0.15) is 0 Å². The van der Waals surface area contributed by atoms with Gasteiger partial charge in [-0.25, -0.2) is 4.79 Å². The van der Waals surface area contributed by atoms with Crippen LogP contribution in [0.4, 0.5) is 0 Å².